The third kappa shape index (κ3) is 5.56. The zero-order chi connectivity index (χ0) is 24.7. The van der Waals surface area contributed by atoms with Crippen molar-refractivity contribution >= 4 is 22.4 Å². The first-order valence-electron chi connectivity index (χ1n) is 11.3. The molecule has 0 aliphatic heterocycles. The highest BCUT2D eigenvalue weighted by Crippen LogP contribution is 2.27. The molecule has 1 N–H and O–H groups in total. The number of rotatable bonds is 8. The smallest absolute Gasteiger partial charge is 0.277 e. The highest BCUT2D eigenvalue weighted by Gasteiger charge is 2.13. The van der Waals surface area contributed by atoms with Gasteiger partial charge in [0.1, 0.15) is 18.1 Å². The Kier molecular flexibility index (Phi) is 6.95. The Labute approximate surface area is 211 Å². The lowest BCUT2D eigenvalue weighted by Crippen LogP contribution is -2.28. The number of nitrogens with one attached hydrogen (secondary N) is 1. The highest BCUT2D eigenvalue weighted by atomic mass is 32.1. The van der Waals surface area contributed by atoms with Gasteiger partial charge in [0.15, 0.2) is 5.13 Å². The molecule has 8 heteroatoms. The van der Waals surface area contributed by atoms with E-state index >= 15 is 0 Å². The molecule has 36 heavy (non-hydrogen) atoms. The van der Waals surface area contributed by atoms with Gasteiger partial charge in [-0.25, -0.2) is 9.67 Å². The number of carbonyl (C=O) groups excluding carboxylic acids is 1. The number of aromatic nitrogens is 3. The molecule has 178 valence electrons. The van der Waals surface area contributed by atoms with Crippen molar-refractivity contribution < 1.29 is 9.53 Å². The van der Waals surface area contributed by atoms with Gasteiger partial charge in [-0.05, 0) is 29.3 Å². The minimum atomic E-state index is -0.437. The third-order valence-corrected chi connectivity index (χ3v) is 6.18. The lowest BCUT2D eigenvalue weighted by molar-refractivity contribution is 0.101. The molecule has 0 spiro atoms. The summed E-state index contributed by atoms with van der Waals surface area (Å²) in [5, 5.41) is 9.31. The molecule has 1 amide bonds. The fourth-order valence-corrected chi connectivity index (χ4v) is 4.30. The standard InChI is InChI=1S/C28H22N4O3S/c33-26-16-15-24(31-32(26)17-18-35-23-9-5-2-6-10-23)27(34)30-28-29-25(19-36-28)22-13-11-21(12-14-22)20-7-3-1-4-8-20/h1-16,19H,17-18H2,(H,29,30,34). The lowest BCUT2D eigenvalue weighted by atomic mass is 10.0. The summed E-state index contributed by atoms with van der Waals surface area (Å²) in [7, 11) is 0. The number of carbonyl (C=O) groups is 1. The summed E-state index contributed by atoms with van der Waals surface area (Å²) >= 11 is 1.33. The second-order valence-corrected chi connectivity index (χ2v) is 8.73. The molecule has 2 aromatic heterocycles. The van der Waals surface area contributed by atoms with E-state index in [9.17, 15) is 9.59 Å². The van der Waals surface area contributed by atoms with E-state index in [-0.39, 0.29) is 24.4 Å². The van der Waals surface area contributed by atoms with Crippen LogP contribution in [0.25, 0.3) is 22.4 Å². The molecular formula is C28H22N4O3S. The maximum absolute atomic E-state index is 12.8. The van der Waals surface area contributed by atoms with Gasteiger partial charge in [-0.3, -0.25) is 14.9 Å². The molecule has 0 atom stereocenters. The summed E-state index contributed by atoms with van der Waals surface area (Å²) in [5.41, 5.74) is 3.81. The van der Waals surface area contributed by atoms with Crippen LogP contribution in [0.2, 0.25) is 0 Å². The largest absolute Gasteiger partial charge is 0.492 e. The number of amides is 1. The Morgan fingerprint density at radius 2 is 1.50 bits per heavy atom. The minimum absolute atomic E-state index is 0.123. The molecule has 0 fully saturated rings. The maximum Gasteiger partial charge on any atom is 0.277 e. The van der Waals surface area contributed by atoms with Crippen LogP contribution in [0.1, 0.15) is 10.5 Å². The number of hydrogen-bond donors (Lipinski definition) is 1. The van der Waals surface area contributed by atoms with Crippen LogP contribution in [-0.4, -0.2) is 27.3 Å². The lowest BCUT2D eigenvalue weighted by Gasteiger charge is -2.08. The topological polar surface area (TPSA) is 86.1 Å². The van der Waals surface area contributed by atoms with E-state index in [1.807, 2.05) is 66.0 Å². The van der Waals surface area contributed by atoms with E-state index in [0.717, 1.165) is 22.4 Å². The van der Waals surface area contributed by atoms with Crippen LogP contribution in [0.3, 0.4) is 0 Å². The first kappa shape index (κ1) is 23.2. The number of benzene rings is 3. The Morgan fingerprint density at radius 3 is 2.25 bits per heavy atom. The van der Waals surface area contributed by atoms with E-state index < -0.39 is 5.91 Å². The summed E-state index contributed by atoms with van der Waals surface area (Å²) in [6.45, 7) is 0.468. The Bertz CT molecular complexity index is 1510. The SMILES string of the molecule is O=C(Nc1nc(-c2ccc(-c3ccccc3)cc2)cs1)c1ccc(=O)n(CCOc2ccccc2)n1. The second kappa shape index (κ2) is 10.8. The zero-order valence-corrected chi connectivity index (χ0v) is 20.0. The van der Waals surface area contributed by atoms with E-state index in [1.165, 1.54) is 28.2 Å². The predicted molar refractivity (Wildman–Crippen MR) is 141 cm³/mol. The van der Waals surface area contributed by atoms with E-state index in [1.54, 1.807) is 0 Å². The number of anilines is 1. The van der Waals surface area contributed by atoms with Crippen molar-refractivity contribution in [3.05, 3.63) is 118 Å². The van der Waals surface area contributed by atoms with Crippen molar-refractivity contribution in [3.8, 4) is 28.1 Å². The molecule has 0 radical (unpaired) electrons. The fraction of sp³-hybridized carbons (Fsp3) is 0.0714. The first-order chi connectivity index (χ1) is 17.7. The molecule has 3 aromatic carbocycles. The summed E-state index contributed by atoms with van der Waals surface area (Å²) in [5.74, 6) is 0.266. The average Bonchev–Trinajstić information content (AvgIpc) is 3.39. The molecule has 0 unspecified atom stereocenters. The Balaban J connectivity index is 1.23. The molecule has 2 heterocycles. The normalized spacial score (nSPS) is 10.7. The van der Waals surface area contributed by atoms with E-state index in [2.05, 4.69) is 39.7 Å². The van der Waals surface area contributed by atoms with Crippen molar-refractivity contribution in [1.82, 2.24) is 14.8 Å². The Hall–Kier alpha value is -4.56. The number of nitrogens with zero attached hydrogens (tertiary/aromatic N) is 3. The van der Waals surface area contributed by atoms with Crippen LogP contribution in [0.15, 0.2) is 107 Å². The van der Waals surface area contributed by atoms with Crippen LogP contribution in [0.5, 0.6) is 5.75 Å². The molecule has 0 saturated heterocycles. The molecule has 5 aromatic rings. The molecular weight excluding hydrogens is 472 g/mol. The maximum atomic E-state index is 12.8. The minimum Gasteiger partial charge on any atom is -0.492 e. The molecule has 0 aliphatic rings. The summed E-state index contributed by atoms with van der Waals surface area (Å²) in [6, 6.07) is 30.3. The van der Waals surface area contributed by atoms with Gasteiger partial charge in [0, 0.05) is 17.0 Å². The Morgan fingerprint density at radius 1 is 0.833 bits per heavy atom. The van der Waals surface area contributed by atoms with Crippen molar-refractivity contribution in [2.24, 2.45) is 0 Å². The van der Waals surface area contributed by atoms with Crippen LogP contribution in [0.4, 0.5) is 5.13 Å². The van der Waals surface area contributed by atoms with Crippen molar-refractivity contribution in [2.45, 2.75) is 6.54 Å². The van der Waals surface area contributed by atoms with Gasteiger partial charge < -0.3 is 4.74 Å². The van der Waals surface area contributed by atoms with Crippen molar-refractivity contribution in [1.29, 1.82) is 0 Å². The van der Waals surface area contributed by atoms with Crippen molar-refractivity contribution in [3.63, 3.8) is 0 Å². The van der Waals surface area contributed by atoms with Crippen LogP contribution >= 0.6 is 11.3 Å². The van der Waals surface area contributed by atoms with Crippen LogP contribution in [0, 0.1) is 0 Å². The number of para-hydroxylation sites is 1. The third-order valence-electron chi connectivity index (χ3n) is 5.43. The van der Waals surface area contributed by atoms with E-state index in [0.29, 0.717) is 10.9 Å². The van der Waals surface area contributed by atoms with Gasteiger partial charge in [-0.2, -0.15) is 5.10 Å². The zero-order valence-electron chi connectivity index (χ0n) is 19.2. The predicted octanol–water partition coefficient (Wildman–Crippen LogP) is 5.37. The molecule has 7 nitrogen and oxygen atoms in total. The first-order valence-corrected chi connectivity index (χ1v) is 12.2. The highest BCUT2D eigenvalue weighted by molar-refractivity contribution is 7.14. The number of ether oxygens (including phenoxy) is 1. The summed E-state index contributed by atoms with van der Waals surface area (Å²) < 4.78 is 6.85. The van der Waals surface area contributed by atoms with Crippen LogP contribution in [-0.2, 0) is 6.54 Å². The molecule has 0 bridgehead atoms. The van der Waals surface area contributed by atoms with Gasteiger partial charge >= 0.3 is 0 Å². The second-order valence-electron chi connectivity index (χ2n) is 7.88. The van der Waals surface area contributed by atoms with E-state index in [4.69, 9.17) is 4.74 Å². The molecule has 0 aliphatic carbocycles. The molecule has 5 rings (SSSR count). The number of hydrogen-bond acceptors (Lipinski definition) is 6. The summed E-state index contributed by atoms with van der Waals surface area (Å²) in [6.07, 6.45) is 0. The monoisotopic (exact) mass is 494 g/mol. The van der Waals surface area contributed by atoms with Crippen LogP contribution < -0.4 is 15.6 Å². The quantitative estimate of drug-likeness (QED) is 0.314. The van der Waals surface area contributed by atoms with Gasteiger partial charge in [0.25, 0.3) is 11.5 Å². The van der Waals surface area contributed by atoms with Gasteiger partial charge in [-0.15, -0.1) is 11.3 Å². The van der Waals surface area contributed by atoms with Gasteiger partial charge in [0.05, 0.1) is 12.2 Å². The average molecular weight is 495 g/mol. The molecule has 0 saturated carbocycles. The van der Waals surface area contributed by atoms with Gasteiger partial charge in [0.2, 0.25) is 0 Å². The van der Waals surface area contributed by atoms with Gasteiger partial charge in [-0.1, -0.05) is 72.8 Å². The fourth-order valence-electron chi connectivity index (χ4n) is 3.59. The summed E-state index contributed by atoms with van der Waals surface area (Å²) in [4.78, 5) is 29.5. The van der Waals surface area contributed by atoms with Crippen molar-refractivity contribution in [2.75, 3.05) is 11.9 Å². The number of thiazole rings is 1.